The van der Waals surface area contributed by atoms with Crippen LogP contribution in [0.4, 0.5) is 5.82 Å². The van der Waals surface area contributed by atoms with Gasteiger partial charge >= 0.3 is 0 Å². The lowest BCUT2D eigenvalue weighted by Gasteiger charge is -2.08. The third kappa shape index (κ3) is 3.17. The number of pyridine rings is 1. The summed E-state index contributed by atoms with van der Waals surface area (Å²) >= 11 is 0. The van der Waals surface area contributed by atoms with Crippen molar-refractivity contribution in [1.29, 1.82) is 0 Å². The Balaban J connectivity index is 2.69. The molecule has 0 saturated heterocycles. The zero-order chi connectivity index (χ0) is 10.6. The maximum atomic E-state index is 11.1. The van der Waals surface area contributed by atoms with E-state index in [2.05, 4.69) is 24.1 Å². The van der Waals surface area contributed by atoms with Gasteiger partial charge in [-0.3, -0.25) is 4.79 Å². The molecule has 0 bridgehead atoms. The van der Waals surface area contributed by atoms with Crippen molar-refractivity contribution in [1.82, 2.24) is 4.98 Å². The number of carbonyl (C=O) groups excluding carboxylic acids is 1. The molecule has 1 heterocycles. The van der Waals surface area contributed by atoms with Gasteiger partial charge in [-0.1, -0.05) is 13.8 Å². The van der Waals surface area contributed by atoms with Gasteiger partial charge in [-0.25, -0.2) is 4.98 Å². The normalized spacial score (nSPS) is 10.3. The minimum Gasteiger partial charge on any atom is -0.370 e. The molecule has 76 valence electrons. The summed E-state index contributed by atoms with van der Waals surface area (Å²) in [6.07, 6.45) is 1.65. The van der Waals surface area contributed by atoms with Crippen LogP contribution in [0.15, 0.2) is 18.3 Å². The predicted molar refractivity (Wildman–Crippen MR) is 57.6 cm³/mol. The van der Waals surface area contributed by atoms with Gasteiger partial charge in [-0.15, -0.1) is 0 Å². The largest absolute Gasteiger partial charge is 0.370 e. The second-order valence-corrected chi connectivity index (χ2v) is 3.76. The van der Waals surface area contributed by atoms with Crippen LogP contribution in [0.2, 0.25) is 0 Å². The fraction of sp³-hybridized carbons (Fsp3) is 0.455. The summed E-state index contributed by atoms with van der Waals surface area (Å²) < 4.78 is 0. The summed E-state index contributed by atoms with van der Waals surface area (Å²) in [7, 11) is 0. The molecule has 0 aliphatic heterocycles. The van der Waals surface area contributed by atoms with Gasteiger partial charge in [-0.2, -0.15) is 0 Å². The first-order valence-electron chi connectivity index (χ1n) is 4.80. The highest BCUT2D eigenvalue weighted by atomic mass is 16.1. The van der Waals surface area contributed by atoms with Crippen molar-refractivity contribution in [2.24, 2.45) is 5.92 Å². The van der Waals surface area contributed by atoms with E-state index in [1.165, 1.54) is 0 Å². The summed E-state index contributed by atoms with van der Waals surface area (Å²) in [5, 5.41) is 3.18. The van der Waals surface area contributed by atoms with Crippen LogP contribution in [0.25, 0.3) is 0 Å². The molecule has 1 aromatic rings. The Bertz CT molecular complexity index is 321. The monoisotopic (exact) mass is 192 g/mol. The Morgan fingerprint density at radius 1 is 1.57 bits per heavy atom. The number of carbonyl (C=O) groups is 1. The zero-order valence-electron chi connectivity index (χ0n) is 8.87. The van der Waals surface area contributed by atoms with Gasteiger partial charge in [0.2, 0.25) is 0 Å². The molecule has 3 heteroatoms. The van der Waals surface area contributed by atoms with E-state index in [4.69, 9.17) is 0 Å². The van der Waals surface area contributed by atoms with Crippen LogP contribution in [-0.4, -0.2) is 17.3 Å². The third-order valence-corrected chi connectivity index (χ3v) is 1.86. The van der Waals surface area contributed by atoms with E-state index in [0.29, 0.717) is 11.5 Å². The van der Waals surface area contributed by atoms with E-state index >= 15 is 0 Å². The molecule has 3 nitrogen and oxygen atoms in total. The van der Waals surface area contributed by atoms with Crippen LogP contribution in [-0.2, 0) is 0 Å². The van der Waals surface area contributed by atoms with Gasteiger partial charge in [0, 0.05) is 18.3 Å². The molecule has 0 saturated carbocycles. The van der Waals surface area contributed by atoms with Gasteiger partial charge in [0.05, 0.1) is 0 Å². The molecule has 0 aromatic carbocycles. The lowest BCUT2D eigenvalue weighted by molar-refractivity contribution is 0.101. The molecular weight excluding hydrogens is 176 g/mol. The van der Waals surface area contributed by atoms with Gasteiger partial charge in [0.25, 0.3) is 0 Å². The van der Waals surface area contributed by atoms with Crippen molar-refractivity contribution in [3.63, 3.8) is 0 Å². The van der Waals surface area contributed by atoms with Crippen LogP contribution in [0.5, 0.6) is 0 Å². The average Bonchev–Trinajstić information content (AvgIpc) is 2.15. The number of anilines is 1. The van der Waals surface area contributed by atoms with Crippen molar-refractivity contribution in [2.75, 3.05) is 11.9 Å². The van der Waals surface area contributed by atoms with E-state index in [1.54, 1.807) is 25.3 Å². The second-order valence-electron chi connectivity index (χ2n) is 3.76. The summed E-state index contributed by atoms with van der Waals surface area (Å²) in [5.74, 6) is 1.41. The number of hydrogen-bond donors (Lipinski definition) is 1. The van der Waals surface area contributed by atoms with Crippen LogP contribution in [0.1, 0.15) is 31.1 Å². The van der Waals surface area contributed by atoms with Crippen molar-refractivity contribution in [3.8, 4) is 0 Å². The van der Waals surface area contributed by atoms with Gasteiger partial charge in [0.1, 0.15) is 5.82 Å². The number of Topliss-reactive ketones (excluding diaryl/α,β-unsaturated/α-hetero) is 1. The summed E-state index contributed by atoms with van der Waals surface area (Å²) in [6, 6.07) is 3.51. The number of nitrogens with one attached hydrogen (secondary N) is 1. The average molecular weight is 192 g/mol. The highest BCUT2D eigenvalue weighted by Gasteiger charge is 2.01. The maximum Gasteiger partial charge on any atom is 0.159 e. The molecule has 0 fully saturated rings. The van der Waals surface area contributed by atoms with E-state index < -0.39 is 0 Å². The molecule has 0 spiro atoms. The molecule has 1 N–H and O–H groups in total. The quantitative estimate of drug-likeness (QED) is 0.744. The van der Waals surface area contributed by atoms with Crippen molar-refractivity contribution in [3.05, 3.63) is 23.9 Å². The summed E-state index contributed by atoms with van der Waals surface area (Å²) in [4.78, 5) is 15.2. The predicted octanol–water partition coefficient (Wildman–Crippen LogP) is 2.35. The Labute approximate surface area is 84.6 Å². The fourth-order valence-corrected chi connectivity index (χ4v) is 1.05. The molecule has 0 aliphatic carbocycles. The summed E-state index contributed by atoms with van der Waals surface area (Å²) in [6.45, 7) is 6.68. The van der Waals surface area contributed by atoms with Crippen molar-refractivity contribution in [2.45, 2.75) is 20.8 Å². The standard InChI is InChI=1S/C11H16N2O/c1-8(2)7-13-11-6-10(9(3)14)4-5-12-11/h4-6,8H,7H2,1-3H3,(H,12,13). The van der Waals surface area contributed by atoms with E-state index in [-0.39, 0.29) is 5.78 Å². The molecule has 0 aliphatic rings. The molecular formula is C11H16N2O. The molecule has 0 amide bonds. The Morgan fingerprint density at radius 2 is 2.29 bits per heavy atom. The second kappa shape index (κ2) is 4.74. The minimum absolute atomic E-state index is 0.0694. The highest BCUT2D eigenvalue weighted by molar-refractivity contribution is 5.94. The van der Waals surface area contributed by atoms with Crippen molar-refractivity contribution >= 4 is 11.6 Å². The Morgan fingerprint density at radius 3 is 2.86 bits per heavy atom. The lowest BCUT2D eigenvalue weighted by Crippen LogP contribution is -2.09. The number of nitrogens with zero attached hydrogens (tertiary/aromatic N) is 1. The molecule has 14 heavy (non-hydrogen) atoms. The molecule has 1 aromatic heterocycles. The van der Waals surface area contributed by atoms with Gasteiger partial charge in [0.15, 0.2) is 5.78 Å². The third-order valence-electron chi connectivity index (χ3n) is 1.86. The van der Waals surface area contributed by atoms with E-state index in [0.717, 1.165) is 12.4 Å². The highest BCUT2D eigenvalue weighted by Crippen LogP contribution is 2.07. The number of aromatic nitrogens is 1. The molecule has 1 rings (SSSR count). The Hall–Kier alpha value is -1.38. The molecule has 0 unspecified atom stereocenters. The van der Waals surface area contributed by atoms with Crippen LogP contribution < -0.4 is 5.32 Å². The van der Waals surface area contributed by atoms with Crippen LogP contribution in [0, 0.1) is 5.92 Å². The number of hydrogen-bond acceptors (Lipinski definition) is 3. The SMILES string of the molecule is CC(=O)c1ccnc(NCC(C)C)c1. The minimum atomic E-state index is 0.0694. The number of rotatable bonds is 4. The topological polar surface area (TPSA) is 42.0 Å². The van der Waals surface area contributed by atoms with Gasteiger partial charge in [-0.05, 0) is 25.0 Å². The van der Waals surface area contributed by atoms with Crippen LogP contribution >= 0.6 is 0 Å². The van der Waals surface area contributed by atoms with Crippen molar-refractivity contribution < 1.29 is 4.79 Å². The summed E-state index contributed by atoms with van der Waals surface area (Å²) in [5.41, 5.74) is 0.700. The zero-order valence-corrected chi connectivity index (χ0v) is 8.87. The molecule has 0 atom stereocenters. The first-order chi connectivity index (χ1) is 6.59. The van der Waals surface area contributed by atoms with Crippen LogP contribution in [0.3, 0.4) is 0 Å². The first-order valence-corrected chi connectivity index (χ1v) is 4.80. The molecule has 0 radical (unpaired) electrons. The van der Waals surface area contributed by atoms with E-state index in [1.807, 2.05) is 0 Å². The maximum absolute atomic E-state index is 11.1. The smallest absolute Gasteiger partial charge is 0.159 e. The van der Waals surface area contributed by atoms with Gasteiger partial charge < -0.3 is 5.32 Å². The fourth-order valence-electron chi connectivity index (χ4n) is 1.05. The number of ketones is 1. The Kier molecular flexibility index (Phi) is 3.63. The lowest BCUT2D eigenvalue weighted by atomic mass is 10.2. The first kappa shape index (κ1) is 10.7. The van der Waals surface area contributed by atoms with E-state index in [9.17, 15) is 4.79 Å².